The van der Waals surface area contributed by atoms with Gasteiger partial charge in [-0.2, -0.15) is 0 Å². The van der Waals surface area contributed by atoms with Crippen molar-refractivity contribution in [2.45, 2.75) is 66.0 Å². The first-order valence-electron chi connectivity index (χ1n) is 7.30. The van der Waals surface area contributed by atoms with Crippen LogP contribution in [-0.4, -0.2) is 35.2 Å². The predicted molar refractivity (Wildman–Crippen MR) is 76.6 cm³/mol. The number of rotatable bonds is 4. The first-order chi connectivity index (χ1) is 8.70. The van der Waals surface area contributed by atoms with E-state index >= 15 is 0 Å². The lowest BCUT2D eigenvalue weighted by molar-refractivity contribution is -0.142. The molecule has 19 heavy (non-hydrogen) atoms. The molecule has 3 atom stereocenters. The maximum atomic E-state index is 12.4. The van der Waals surface area contributed by atoms with E-state index in [1.807, 2.05) is 34.6 Å². The molecule has 110 valence electrons. The van der Waals surface area contributed by atoms with Gasteiger partial charge in [-0.1, -0.05) is 41.0 Å². The van der Waals surface area contributed by atoms with Crippen LogP contribution in [0.3, 0.4) is 0 Å². The zero-order chi connectivity index (χ0) is 14.8. The molecule has 4 heteroatoms. The van der Waals surface area contributed by atoms with E-state index in [4.69, 9.17) is 5.73 Å². The lowest BCUT2D eigenvalue weighted by Gasteiger charge is -2.32. The molecule has 0 aromatic heterocycles. The minimum atomic E-state index is -0.488. The third-order valence-electron chi connectivity index (χ3n) is 4.12. The summed E-state index contributed by atoms with van der Waals surface area (Å²) < 4.78 is 0. The molecule has 0 aliphatic carbocycles. The second-order valence-electron chi connectivity index (χ2n) is 6.72. The van der Waals surface area contributed by atoms with Crippen LogP contribution in [0.2, 0.25) is 0 Å². The van der Waals surface area contributed by atoms with E-state index in [1.165, 1.54) is 0 Å². The summed E-state index contributed by atoms with van der Waals surface area (Å²) >= 11 is 0. The summed E-state index contributed by atoms with van der Waals surface area (Å²) in [7, 11) is 0. The van der Waals surface area contributed by atoms with Crippen molar-refractivity contribution in [1.82, 2.24) is 4.90 Å². The van der Waals surface area contributed by atoms with Gasteiger partial charge in [0.25, 0.3) is 0 Å². The Bertz CT molecular complexity index is 347. The smallest absolute Gasteiger partial charge is 0.240 e. The van der Waals surface area contributed by atoms with Crippen molar-refractivity contribution in [3.63, 3.8) is 0 Å². The van der Waals surface area contributed by atoms with Gasteiger partial charge in [0.05, 0.1) is 12.1 Å². The molecule has 4 nitrogen and oxygen atoms in total. The Labute approximate surface area is 116 Å². The topological polar surface area (TPSA) is 63.4 Å². The van der Waals surface area contributed by atoms with Crippen LogP contribution in [0.25, 0.3) is 0 Å². The van der Waals surface area contributed by atoms with Gasteiger partial charge in [0.2, 0.25) is 5.91 Å². The lowest BCUT2D eigenvalue weighted by atomic mass is 9.85. The normalized spacial score (nSPS) is 23.3. The molecule has 0 spiro atoms. The molecular weight excluding hydrogens is 240 g/mol. The largest absolute Gasteiger partial charge is 0.331 e. The highest BCUT2D eigenvalue weighted by atomic mass is 16.2. The standard InChI is InChI=1S/C15H28N2O2/c1-6-10(2)12(16)14(19)17-9-7-8-11(17)13(18)15(3,4)5/h10-12H,6-9,16H2,1-5H3. The molecule has 0 aromatic carbocycles. The van der Waals surface area contributed by atoms with Gasteiger partial charge in [-0.25, -0.2) is 0 Å². The van der Waals surface area contributed by atoms with Gasteiger partial charge in [-0.3, -0.25) is 9.59 Å². The monoisotopic (exact) mass is 268 g/mol. The molecule has 1 rings (SSSR count). The van der Waals surface area contributed by atoms with E-state index in [2.05, 4.69) is 0 Å². The van der Waals surface area contributed by atoms with Gasteiger partial charge >= 0.3 is 0 Å². The molecule has 1 amide bonds. The number of nitrogens with zero attached hydrogens (tertiary/aromatic N) is 1. The number of carbonyl (C=O) groups excluding carboxylic acids is 2. The van der Waals surface area contributed by atoms with Crippen molar-refractivity contribution in [2.75, 3.05) is 6.54 Å². The van der Waals surface area contributed by atoms with E-state index in [9.17, 15) is 9.59 Å². The third kappa shape index (κ3) is 3.56. The number of Topliss-reactive ketones (excluding diaryl/α,β-unsaturated/α-hetero) is 1. The molecular formula is C15H28N2O2. The molecule has 3 unspecified atom stereocenters. The van der Waals surface area contributed by atoms with Crippen LogP contribution in [0.5, 0.6) is 0 Å². The molecule has 0 aromatic rings. The van der Waals surface area contributed by atoms with Crippen molar-refractivity contribution < 1.29 is 9.59 Å². The fourth-order valence-electron chi connectivity index (χ4n) is 2.49. The van der Waals surface area contributed by atoms with Crippen molar-refractivity contribution in [3.8, 4) is 0 Å². The zero-order valence-electron chi connectivity index (χ0n) is 12.9. The van der Waals surface area contributed by atoms with Gasteiger partial charge in [-0.15, -0.1) is 0 Å². The number of amides is 1. The summed E-state index contributed by atoms with van der Waals surface area (Å²) in [6.45, 7) is 10.4. The maximum absolute atomic E-state index is 12.4. The molecule has 1 saturated heterocycles. The average molecular weight is 268 g/mol. The fraction of sp³-hybridized carbons (Fsp3) is 0.867. The summed E-state index contributed by atoms with van der Waals surface area (Å²) in [6.07, 6.45) is 2.54. The Morgan fingerprint density at radius 1 is 1.37 bits per heavy atom. The SMILES string of the molecule is CCC(C)C(N)C(=O)N1CCCC1C(=O)C(C)(C)C. The van der Waals surface area contributed by atoms with Crippen molar-refractivity contribution in [1.29, 1.82) is 0 Å². The van der Waals surface area contributed by atoms with Crippen LogP contribution in [0.4, 0.5) is 0 Å². The van der Waals surface area contributed by atoms with E-state index in [0.29, 0.717) is 6.54 Å². The van der Waals surface area contributed by atoms with Crippen LogP contribution in [0.1, 0.15) is 53.9 Å². The van der Waals surface area contributed by atoms with E-state index < -0.39 is 11.5 Å². The molecule has 1 heterocycles. The van der Waals surface area contributed by atoms with Crippen LogP contribution in [0, 0.1) is 11.3 Å². The number of nitrogens with two attached hydrogens (primary N) is 1. The first kappa shape index (κ1) is 16.2. The zero-order valence-corrected chi connectivity index (χ0v) is 12.9. The Hall–Kier alpha value is -0.900. The fourth-order valence-corrected chi connectivity index (χ4v) is 2.49. The minimum Gasteiger partial charge on any atom is -0.331 e. The molecule has 1 fully saturated rings. The maximum Gasteiger partial charge on any atom is 0.240 e. The Morgan fingerprint density at radius 3 is 2.42 bits per heavy atom. The van der Waals surface area contributed by atoms with E-state index in [-0.39, 0.29) is 23.7 Å². The van der Waals surface area contributed by atoms with Crippen LogP contribution in [-0.2, 0) is 9.59 Å². The molecule has 2 N–H and O–H groups in total. The Kier molecular flexibility index (Phi) is 5.13. The second kappa shape index (κ2) is 6.04. The van der Waals surface area contributed by atoms with Gasteiger partial charge in [-0.05, 0) is 18.8 Å². The van der Waals surface area contributed by atoms with Crippen molar-refractivity contribution >= 4 is 11.7 Å². The molecule has 0 radical (unpaired) electrons. The number of likely N-dealkylation sites (tertiary alicyclic amines) is 1. The van der Waals surface area contributed by atoms with Gasteiger partial charge in [0.15, 0.2) is 5.78 Å². The average Bonchev–Trinajstić information content (AvgIpc) is 2.82. The van der Waals surface area contributed by atoms with Crippen molar-refractivity contribution in [2.24, 2.45) is 17.1 Å². The van der Waals surface area contributed by atoms with Gasteiger partial charge in [0.1, 0.15) is 0 Å². The number of ketones is 1. The van der Waals surface area contributed by atoms with Crippen LogP contribution >= 0.6 is 0 Å². The number of hydrogen-bond donors (Lipinski definition) is 1. The quantitative estimate of drug-likeness (QED) is 0.848. The summed E-state index contributed by atoms with van der Waals surface area (Å²) in [6, 6.07) is -0.763. The van der Waals surface area contributed by atoms with Gasteiger partial charge in [0, 0.05) is 12.0 Å². The van der Waals surface area contributed by atoms with Crippen LogP contribution < -0.4 is 5.73 Å². The number of hydrogen-bond acceptors (Lipinski definition) is 3. The van der Waals surface area contributed by atoms with Gasteiger partial charge < -0.3 is 10.6 Å². The predicted octanol–water partition coefficient (Wildman–Crippen LogP) is 1.97. The minimum absolute atomic E-state index is 0.0607. The van der Waals surface area contributed by atoms with Crippen LogP contribution in [0.15, 0.2) is 0 Å². The Morgan fingerprint density at radius 2 is 1.95 bits per heavy atom. The molecule has 1 aliphatic heterocycles. The lowest BCUT2D eigenvalue weighted by Crippen LogP contribution is -2.52. The third-order valence-corrected chi connectivity index (χ3v) is 4.12. The molecule has 1 aliphatic rings. The highest BCUT2D eigenvalue weighted by Crippen LogP contribution is 2.27. The summed E-state index contributed by atoms with van der Waals surface area (Å²) in [5.74, 6) is 0.239. The molecule has 0 bridgehead atoms. The summed E-state index contributed by atoms with van der Waals surface area (Å²) in [4.78, 5) is 26.6. The highest BCUT2D eigenvalue weighted by Gasteiger charge is 2.40. The van der Waals surface area contributed by atoms with E-state index in [0.717, 1.165) is 19.3 Å². The Balaban J connectivity index is 2.82. The summed E-state index contributed by atoms with van der Waals surface area (Å²) in [5.41, 5.74) is 5.61. The number of carbonyl (C=O) groups is 2. The second-order valence-corrected chi connectivity index (χ2v) is 6.72. The molecule has 0 saturated carbocycles. The van der Waals surface area contributed by atoms with E-state index in [1.54, 1.807) is 4.90 Å². The van der Waals surface area contributed by atoms with Crippen molar-refractivity contribution in [3.05, 3.63) is 0 Å². The summed E-state index contributed by atoms with van der Waals surface area (Å²) in [5, 5.41) is 0. The highest BCUT2D eigenvalue weighted by molar-refractivity contribution is 5.94. The first-order valence-corrected chi connectivity index (χ1v) is 7.30.